The van der Waals surface area contributed by atoms with Crippen molar-refractivity contribution < 1.29 is 0 Å². The second kappa shape index (κ2) is 7.44. The van der Waals surface area contributed by atoms with Gasteiger partial charge in [0.2, 0.25) is 0 Å². The van der Waals surface area contributed by atoms with Crippen molar-refractivity contribution in [3.8, 4) is 0 Å². The third-order valence-corrected chi connectivity index (χ3v) is 3.77. The zero-order valence-corrected chi connectivity index (χ0v) is 12.6. The predicted octanol–water partition coefficient (Wildman–Crippen LogP) is 3.86. The van der Waals surface area contributed by atoms with Crippen LogP contribution in [0.4, 0.5) is 0 Å². The summed E-state index contributed by atoms with van der Waals surface area (Å²) in [6.45, 7) is 1.89. The van der Waals surface area contributed by atoms with Gasteiger partial charge in [0, 0.05) is 17.6 Å². The molecule has 2 nitrogen and oxygen atoms in total. The quantitative estimate of drug-likeness (QED) is 0.874. The molecule has 2 N–H and O–H groups in total. The van der Waals surface area contributed by atoms with Gasteiger partial charge < -0.3 is 10.6 Å². The third kappa shape index (κ3) is 4.34. The first-order valence-electron chi connectivity index (χ1n) is 6.89. The Labute approximate surface area is 126 Å². The second-order valence-electron chi connectivity index (χ2n) is 5.14. The molecular weight excluding hydrogens is 268 g/mol. The fraction of sp³-hybridized carbons (Fsp3) is 0.294. The van der Waals surface area contributed by atoms with Gasteiger partial charge >= 0.3 is 0 Å². The Morgan fingerprint density at radius 2 is 1.70 bits per heavy atom. The van der Waals surface area contributed by atoms with Crippen molar-refractivity contribution in [2.45, 2.75) is 19.0 Å². The first-order valence-corrected chi connectivity index (χ1v) is 7.27. The van der Waals surface area contributed by atoms with E-state index in [-0.39, 0.29) is 6.04 Å². The van der Waals surface area contributed by atoms with Crippen LogP contribution >= 0.6 is 11.6 Å². The van der Waals surface area contributed by atoms with Crippen LogP contribution in [0.5, 0.6) is 0 Å². The smallest absolute Gasteiger partial charge is 0.0453 e. The minimum atomic E-state index is -0.0121. The Morgan fingerprint density at radius 3 is 2.40 bits per heavy atom. The summed E-state index contributed by atoms with van der Waals surface area (Å²) in [6.07, 6.45) is 0.896. The number of hydrogen-bond donors (Lipinski definition) is 1. The average molecular weight is 289 g/mol. The molecule has 0 amide bonds. The minimum Gasteiger partial charge on any atom is -0.324 e. The summed E-state index contributed by atoms with van der Waals surface area (Å²) >= 11 is 6.17. The van der Waals surface area contributed by atoms with Gasteiger partial charge in [-0.05, 0) is 37.2 Å². The molecule has 0 heterocycles. The van der Waals surface area contributed by atoms with Gasteiger partial charge in [0.05, 0.1) is 0 Å². The topological polar surface area (TPSA) is 29.3 Å². The molecule has 0 radical (unpaired) electrons. The van der Waals surface area contributed by atoms with Crippen molar-refractivity contribution in [1.29, 1.82) is 0 Å². The van der Waals surface area contributed by atoms with Crippen LogP contribution in [0.2, 0.25) is 5.02 Å². The highest BCUT2D eigenvalue weighted by atomic mass is 35.5. The van der Waals surface area contributed by atoms with E-state index >= 15 is 0 Å². The predicted molar refractivity (Wildman–Crippen MR) is 85.8 cm³/mol. The molecule has 0 saturated heterocycles. The average Bonchev–Trinajstić information content (AvgIpc) is 2.46. The van der Waals surface area contributed by atoms with E-state index < -0.39 is 0 Å². The molecule has 2 aromatic rings. The normalized spacial score (nSPS) is 12.6. The number of halogens is 1. The Bertz CT molecular complexity index is 528. The Kier molecular flexibility index (Phi) is 5.60. The van der Waals surface area contributed by atoms with E-state index in [2.05, 4.69) is 36.2 Å². The lowest BCUT2D eigenvalue weighted by Crippen LogP contribution is -2.23. The van der Waals surface area contributed by atoms with E-state index in [0.717, 1.165) is 30.1 Å². The Balaban J connectivity index is 1.84. The van der Waals surface area contributed by atoms with Crippen LogP contribution in [0.25, 0.3) is 0 Å². The van der Waals surface area contributed by atoms with Crippen molar-refractivity contribution in [2.24, 2.45) is 5.73 Å². The number of benzene rings is 2. The summed E-state index contributed by atoms with van der Waals surface area (Å²) in [7, 11) is 2.12. The van der Waals surface area contributed by atoms with Crippen LogP contribution < -0.4 is 5.73 Å². The zero-order valence-electron chi connectivity index (χ0n) is 11.8. The SMILES string of the molecule is CN(CCC(N)c1ccccc1Cl)Cc1ccccc1. The van der Waals surface area contributed by atoms with E-state index in [1.807, 2.05) is 30.3 Å². The molecule has 1 atom stereocenters. The molecule has 0 aromatic heterocycles. The molecule has 1 unspecified atom stereocenters. The highest BCUT2D eigenvalue weighted by Crippen LogP contribution is 2.23. The molecule has 20 heavy (non-hydrogen) atoms. The summed E-state index contributed by atoms with van der Waals surface area (Å²) < 4.78 is 0. The molecule has 0 bridgehead atoms. The number of rotatable bonds is 6. The van der Waals surface area contributed by atoms with Gasteiger partial charge in [-0.1, -0.05) is 60.1 Å². The van der Waals surface area contributed by atoms with Crippen molar-refractivity contribution >= 4 is 11.6 Å². The van der Waals surface area contributed by atoms with E-state index in [1.165, 1.54) is 5.56 Å². The molecule has 2 rings (SSSR count). The van der Waals surface area contributed by atoms with E-state index in [1.54, 1.807) is 0 Å². The van der Waals surface area contributed by atoms with Crippen LogP contribution in [-0.4, -0.2) is 18.5 Å². The lowest BCUT2D eigenvalue weighted by Gasteiger charge is -2.20. The molecule has 3 heteroatoms. The van der Waals surface area contributed by atoms with Crippen LogP contribution in [0.15, 0.2) is 54.6 Å². The van der Waals surface area contributed by atoms with E-state index in [9.17, 15) is 0 Å². The highest BCUT2D eigenvalue weighted by molar-refractivity contribution is 6.31. The Hall–Kier alpha value is -1.35. The molecule has 106 valence electrons. The maximum absolute atomic E-state index is 6.23. The van der Waals surface area contributed by atoms with Gasteiger partial charge in [-0.15, -0.1) is 0 Å². The Morgan fingerprint density at radius 1 is 1.05 bits per heavy atom. The molecular formula is C17H21ClN2. The molecule has 0 saturated carbocycles. The zero-order chi connectivity index (χ0) is 14.4. The van der Waals surface area contributed by atoms with Gasteiger partial charge in [-0.25, -0.2) is 0 Å². The maximum atomic E-state index is 6.23. The van der Waals surface area contributed by atoms with E-state index in [0.29, 0.717) is 0 Å². The van der Waals surface area contributed by atoms with Gasteiger partial charge in [0.15, 0.2) is 0 Å². The summed E-state index contributed by atoms with van der Waals surface area (Å²) in [4.78, 5) is 2.28. The van der Waals surface area contributed by atoms with Gasteiger partial charge in [0.25, 0.3) is 0 Å². The number of nitrogens with two attached hydrogens (primary N) is 1. The monoisotopic (exact) mass is 288 g/mol. The van der Waals surface area contributed by atoms with Crippen molar-refractivity contribution in [3.05, 3.63) is 70.7 Å². The second-order valence-corrected chi connectivity index (χ2v) is 5.55. The van der Waals surface area contributed by atoms with Crippen molar-refractivity contribution in [3.63, 3.8) is 0 Å². The molecule has 2 aromatic carbocycles. The first-order chi connectivity index (χ1) is 9.66. The highest BCUT2D eigenvalue weighted by Gasteiger charge is 2.10. The van der Waals surface area contributed by atoms with E-state index in [4.69, 9.17) is 17.3 Å². The molecule has 0 fully saturated rings. The largest absolute Gasteiger partial charge is 0.324 e. The number of hydrogen-bond acceptors (Lipinski definition) is 2. The number of nitrogens with zero attached hydrogens (tertiary/aromatic N) is 1. The fourth-order valence-corrected chi connectivity index (χ4v) is 2.54. The summed E-state index contributed by atoms with van der Waals surface area (Å²) in [5.74, 6) is 0. The van der Waals surface area contributed by atoms with Crippen LogP contribution in [0.1, 0.15) is 23.6 Å². The molecule has 0 aliphatic carbocycles. The lowest BCUT2D eigenvalue weighted by atomic mass is 10.0. The first kappa shape index (κ1) is 15.0. The van der Waals surface area contributed by atoms with Gasteiger partial charge in [-0.2, -0.15) is 0 Å². The van der Waals surface area contributed by atoms with Crippen molar-refractivity contribution in [2.75, 3.05) is 13.6 Å². The van der Waals surface area contributed by atoms with Gasteiger partial charge in [0.1, 0.15) is 0 Å². The molecule has 0 spiro atoms. The lowest BCUT2D eigenvalue weighted by molar-refractivity contribution is 0.311. The summed E-state index contributed by atoms with van der Waals surface area (Å²) in [5, 5.41) is 0.755. The van der Waals surface area contributed by atoms with Crippen molar-refractivity contribution in [1.82, 2.24) is 4.90 Å². The minimum absolute atomic E-state index is 0.0121. The summed E-state index contributed by atoms with van der Waals surface area (Å²) in [5.41, 5.74) is 8.58. The molecule has 0 aliphatic heterocycles. The standard InChI is InChI=1S/C17H21ClN2/c1-20(13-14-7-3-2-4-8-14)12-11-17(19)15-9-5-6-10-16(15)18/h2-10,17H,11-13,19H2,1H3. The van der Waals surface area contributed by atoms with Crippen LogP contribution in [-0.2, 0) is 6.54 Å². The third-order valence-electron chi connectivity index (χ3n) is 3.42. The maximum Gasteiger partial charge on any atom is 0.0453 e. The summed E-state index contributed by atoms with van der Waals surface area (Å²) in [6, 6.07) is 18.3. The fourth-order valence-electron chi connectivity index (χ4n) is 2.26. The molecule has 0 aliphatic rings. The van der Waals surface area contributed by atoms with Gasteiger partial charge in [-0.3, -0.25) is 0 Å². The van der Waals surface area contributed by atoms with Crippen LogP contribution in [0.3, 0.4) is 0 Å². The van der Waals surface area contributed by atoms with Crippen LogP contribution in [0, 0.1) is 0 Å².